The van der Waals surface area contributed by atoms with Gasteiger partial charge in [-0.1, -0.05) is 49.4 Å². The highest BCUT2D eigenvalue weighted by Crippen LogP contribution is 2.48. The van der Waals surface area contributed by atoms with Gasteiger partial charge in [-0.25, -0.2) is 4.79 Å². The van der Waals surface area contributed by atoms with E-state index in [-0.39, 0.29) is 17.6 Å². The number of nitrogen functional groups attached to an aromatic ring is 1. The molecule has 2 aromatic carbocycles. The molecule has 2 unspecified atom stereocenters. The molecular formula is C25H27NO3. The summed E-state index contributed by atoms with van der Waals surface area (Å²) < 4.78 is 5.78. The summed E-state index contributed by atoms with van der Waals surface area (Å²) in [5, 5.41) is 10.9. The number of anilines is 1. The van der Waals surface area contributed by atoms with Gasteiger partial charge in [0.25, 0.3) is 0 Å². The smallest absolute Gasteiger partial charge is 0.343 e. The van der Waals surface area contributed by atoms with Gasteiger partial charge in [0.1, 0.15) is 11.5 Å². The quantitative estimate of drug-likeness (QED) is 0.544. The van der Waals surface area contributed by atoms with Crippen LogP contribution in [-0.4, -0.2) is 5.11 Å². The molecule has 0 amide bonds. The van der Waals surface area contributed by atoms with Gasteiger partial charge < -0.3 is 15.3 Å². The second-order valence-corrected chi connectivity index (χ2v) is 8.02. The van der Waals surface area contributed by atoms with Gasteiger partial charge in [-0.15, -0.1) is 0 Å². The number of nitrogens with two attached hydrogens (primary N) is 1. The molecular weight excluding hydrogens is 362 g/mol. The fourth-order valence-electron chi connectivity index (χ4n) is 4.20. The fraction of sp³-hybridized carbons (Fsp3) is 0.320. The molecule has 4 rings (SSSR count). The molecule has 1 heterocycles. The molecule has 2 atom stereocenters. The topological polar surface area (TPSA) is 76.5 Å². The van der Waals surface area contributed by atoms with Crippen LogP contribution in [0.2, 0.25) is 0 Å². The summed E-state index contributed by atoms with van der Waals surface area (Å²) in [6.07, 6.45) is 3.65. The van der Waals surface area contributed by atoms with E-state index in [4.69, 9.17) is 10.2 Å². The Morgan fingerprint density at radius 2 is 1.86 bits per heavy atom. The van der Waals surface area contributed by atoms with Crippen molar-refractivity contribution in [3.63, 3.8) is 0 Å². The summed E-state index contributed by atoms with van der Waals surface area (Å²) in [6.45, 7) is 2.07. The first kappa shape index (κ1) is 19.3. The van der Waals surface area contributed by atoms with Gasteiger partial charge in [-0.2, -0.15) is 0 Å². The number of hydrogen-bond donors (Lipinski definition) is 2. The van der Waals surface area contributed by atoms with E-state index in [1.54, 1.807) is 6.07 Å². The van der Waals surface area contributed by atoms with E-state index >= 15 is 0 Å². The van der Waals surface area contributed by atoms with Crippen LogP contribution in [0.3, 0.4) is 0 Å². The van der Waals surface area contributed by atoms with Crippen LogP contribution in [-0.2, 0) is 6.42 Å². The molecule has 4 nitrogen and oxygen atoms in total. The maximum absolute atomic E-state index is 13.0. The average molecular weight is 389 g/mol. The predicted octanol–water partition coefficient (Wildman–Crippen LogP) is 5.21. The minimum absolute atomic E-state index is 0.0297. The molecule has 1 saturated carbocycles. The highest BCUT2D eigenvalue weighted by atomic mass is 16.4. The van der Waals surface area contributed by atoms with E-state index in [0.717, 1.165) is 31.2 Å². The lowest BCUT2D eigenvalue weighted by Gasteiger charge is -2.20. The van der Waals surface area contributed by atoms with Crippen molar-refractivity contribution in [3.05, 3.63) is 93.5 Å². The molecule has 3 aromatic rings. The monoisotopic (exact) mass is 389 g/mol. The highest BCUT2D eigenvalue weighted by molar-refractivity contribution is 5.47. The van der Waals surface area contributed by atoms with Gasteiger partial charge in [0.05, 0.1) is 5.56 Å². The lowest BCUT2D eigenvalue weighted by atomic mass is 9.86. The van der Waals surface area contributed by atoms with Crippen molar-refractivity contribution in [3.8, 4) is 5.75 Å². The molecule has 29 heavy (non-hydrogen) atoms. The van der Waals surface area contributed by atoms with E-state index in [0.29, 0.717) is 22.9 Å². The van der Waals surface area contributed by atoms with Crippen molar-refractivity contribution in [2.24, 2.45) is 5.92 Å². The van der Waals surface area contributed by atoms with E-state index in [9.17, 15) is 9.90 Å². The Hall–Kier alpha value is -3.01. The van der Waals surface area contributed by atoms with Crippen molar-refractivity contribution < 1.29 is 9.52 Å². The van der Waals surface area contributed by atoms with Gasteiger partial charge >= 0.3 is 5.63 Å². The van der Waals surface area contributed by atoms with Crippen molar-refractivity contribution in [1.29, 1.82) is 0 Å². The van der Waals surface area contributed by atoms with E-state index in [1.807, 2.05) is 42.5 Å². The largest absolute Gasteiger partial charge is 0.507 e. The summed E-state index contributed by atoms with van der Waals surface area (Å²) in [5.74, 6) is 0.768. The fourth-order valence-corrected chi connectivity index (χ4v) is 4.20. The molecule has 0 saturated heterocycles. The predicted molar refractivity (Wildman–Crippen MR) is 115 cm³/mol. The van der Waals surface area contributed by atoms with Crippen LogP contribution < -0.4 is 11.4 Å². The van der Waals surface area contributed by atoms with Crippen LogP contribution in [0.5, 0.6) is 5.75 Å². The summed E-state index contributed by atoms with van der Waals surface area (Å²) in [7, 11) is 0. The van der Waals surface area contributed by atoms with Gasteiger partial charge in [-0.05, 0) is 54.9 Å². The highest BCUT2D eigenvalue weighted by Gasteiger charge is 2.37. The standard InChI is InChI=1S/C25H27NO3/c1-2-17(13-16-7-4-3-5-8-16)22-15-21(27)24(25(28)29-22)23(18-11-12-18)19-9-6-10-20(26)14-19/h3-10,14-15,17-18,23,27H,2,11-13,26H2,1H3. The summed E-state index contributed by atoms with van der Waals surface area (Å²) >= 11 is 0. The normalized spacial score (nSPS) is 15.8. The zero-order chi connectivity index (χ0) is 20.4. The summed E-state index contributed by atoms with van der Waals surface area (Å²) in [4.78, 5) is 13.0. The minimum Gasteiger partial charge on any atom is -0.507 e. The minimum atomic E-state index is -0.439. The molecule has 0 spiro atoms. The maximum Gasteiger partial charge on any atom is 0.343 e. The third kappa shape index (κ3) is 4.21. The Kier molecular flexibility index (Phi) is 5.43. The first-order valence-corrected chi connectivity index (χ1v) is 10.3. The van der Waals surface area contributed by atoms with Crippen LogP contribution in [0.25, 0.3) is 0 Å². The Morgan fingerprint density at radius 3 is 2.48 bits per heavy atom. The van der Waals surface area contributed by atoms with Gasteiger partial charge in [0, 0.05) is 23.6 Å². The molecule has 1 aromatic heterocycles. The molecule has 150 valence electrons. The summed E-state index contributed by atoms with van der Waals surface area (Å²) in [5.41, 5.74) is 8.68. The van der Waals surface area contributed by atoms with Crippen molar-refractivity contribution in [2.75, 3.05) is 5.73 Å². The van der Waals surface area contributed by atoms with Gasteiger partial charge in [-0.3, -0.25) is 0 Å². The number of aromatic hydroxyl groups is 1. The van der Waals surface area contributed by atoms with Crippen LogP contribution in [0.4, 0.5) is 5.69 Å². The zero-order valence-corrected chi connectivity index (χ0v) is 16.7. The summed E-state index contributed by atoms with van der Waals surface area (Å²) in [6, 6.07) is 19.4. The molecule has 0 radical (unpaired) electrons. The molecule has 0 bridgehead atoms. The Balaban J connectivity index is 1.70. The number of benzene rings is 2. The lowest BCUT2D eigenvalue weighted by Crippen LogP contribution is -2.18. The van der Waals surface area contributed by atoms with Crippen molar-refractivity contribution in [1.82, 2.24) is 0 Å². The van der Waals surface area contributed by atoms with E-state index in [1.165, 1.54) is 5.56 Å². The number of hydrogen-bond acceptors (Lipinski definition) is 4. The third-order valence-corrected chi connectivity index (χ3v) is 5.88. The SMILES string of the molecule is CCC(Cc1ccccc1)c1cc(O)c(C(c2cccc(N)c2)C2CC2)c(=O)o1. The van der Waals surface area contributed by atoms with E-state index < -0.39 is 5.63 Å². The van der Waals surface area contributed by atoms with Gasteiger partial charge in [0.2, 0.25) is 0 Å². The third-order valence-electron chi connectivity index (χ3n) is 5.88. The average Bonchev–Trinajstić information content (AvgIpc) is 3.54. The van der Waals surface area contributed by atoms with Gasteiger partial charge in [0.15, 0.2) is 0 Å². The van der Waals surface area contributed by atoms with Crippen LogP contribution >= 0.6 is 0 Å². The molecule has 3 N–H and O–H groups in total. The van der Waals surface area contributed by atoms with Crippen LogP contribution in [0, 0.1) is 5.92 Å². The van der Waals surface area contributed by atoms with Crippen molar-refractivity contribution in [2.45, 2.75) is 44.4 Å². The molecule has 1 fully saturated rings. The maximum atomic E-state index is 13.0. The first-order chi connectivity index (χ1) is 14.1. The zero-order valence-electron chi connectivity index (χ0n) is 16.7. The molecule has 1 aliphatic rings. The van der Waals surface area contributed by atoms with Crippen molar-refractivity contribution >= 4 is 5.69 Å². The molecule has 4 heteroatoms. The van der Waals surface area contributed by atoms with Crippen LogP contribution in [0.15, 0.2) is 69.9 Å². The number of rotatable bonds is 7. The Bertz CT molecular complexity index is 1040. The second-order valence-electron chi connectivity index (χ2n) is 8.02. The lowest BCUT2D eigenvalue weighted by molar-refractivity contribution is 0.379. The van der Waals surface area contributed by atoms with Crippen LogP contribution in [0.1, 0.15) is 60.5 Å². The molecule has 0 aliphatic heterocycles. The first-order valence-electron chi connectivity index (χ1n) is 10.3. The van der Waals surface area contributed by atoms with E-state index in [2.05, 4.69) is 19.1 Å². The Morgan fingerprint density at radius 1 is 1.10 bits per heavy atom. The molecule has 1 aliphatic carbocycles. The Labute approximate surface area is 171 Å². The second kappa shape index (κ2) is 8.16.